The number of nitrogens with one attached hydrogen (secondary N) is 1. The van der Waals surface area contributed by atoms with Crippen molar-refractivity contribution in [1.82, 2.24) is 4.98 Å². The van der Waals surface area contributed by atoms with Crippen LogP contribution in [0.1, 0.15) is 27.2 Å². The van der Waals surface area contributed by atoms with Crippen molar-refractivity contribution in [3.63, 3.8) is 0 Å². The lowest BCUT2D eigenvalue weighted by Gasteiger charge is -2.10. The summed E-state index contributed by atoms with van der Waals surface area (Å²) >= 11 is 1.58. The second-order valence-corrected chi connectivity index (χ2v) is 7.92. The molecule has 29 heavy (non-hydrogen) atoms. The van der Waals surface area contributed by atoms with Gasteiger partial charge in [0.05, 0.1) is 19.4 Å². The number of amides is 1. The summed E-state index contributed by atoms with van der Waals surface area (Å²) in [5.74, 6) is 1.80. The lowest BCUT2D eigenvalue weighted by Crippen LogP contribution is -2.13. The highest BCUT2D eigenvalue weighted by Crippen LogP contribution is 2.35. The monoisotopic (exact) mass is 410 g/mol. The first-order valence-corrected chi connectivity index (χ1v) is 10.5. The molecule has 0 aliphatic heterocycles. The Morgan fingerprint density at radius 1 is 1.10 bits per heavy atom. The van der Waals surface area contributed by atoms with Crippen LogP contribution in [0.15, 0.2) is 47.8 Å². The molecule has 3 rings (SSSR count). The molecule has 3 aromatic rings. The van der Waals surface area contributed by atoms with Crippen molar-refractivity contribution in [2.45, 2.75) is 27.2 Å². The number of nitrogens with zero attached hydrogens (tertiary/aromatic N) is 1. The van der Waals surface area contributed by atoms with Crippen LogP contribution in [0.4, 0.5) is 5.69 Å². The molecule has 1 amide bonds. The zero-order valence-corrected chi connectivity index (χ0v) is 18.0. The van der Waals surface area contributed by atoms with Crippen LogP contribution in [0.25, 0.3) is 21.8 Å². The van der Waals surface area contributed by atoms with Crippen molar-refractivity contribution in [3.05, 3.63) is 47.8 Å². The number of aromatic nitrogens is 1. The second kappa shape index (κ2) is 9.56. The first-order valence-electron chi connectivity index (χ1n) is 9.67. The predicted octanol–water partition coefficient (Wildman–Crippen LogP) is 5.87. The minimum Gasteiger partial charge on any atom is -0.493 e. The van der Waals surface area contributed by atoms with Crippen molar-refractivity contribution in [3.8, 4) is 33.3 Å². The number of hydrogen-bond acceptors (Lipinski definition) is 5. The van der Waals surface area contributed by atoms with Gasteiger partial charge in [0.2, 0.25) is 5.91 Å². The number of anilines is 1. The van der Waals surface area contributed by atoms with Crippen molar-refractivity contribution in [1.29, 1.82) is 0 Å². The van der Waals surface area contributed by atoms with E-state index in [4.69, 9.17) is 14.5 Å². The molecule has 152 valence electrons. The summed E-state index contributed by atoms with van der Waals surface area (Å²) in [6, 6.07) is 13.6. The maximum atomic E-state index is 11.9. The van der Waals surface area contributed by atoms with E-state index in [0.29, 0.717) is 24.7 Å². The highest BCUT2D eigenvalue weighted by Gasteiger charge is 2.11. The van der Waals surface area contributed by atoms with E-state index < -0.39 is 0 Å². The molecule has 0 aliphatic rings. The van der Waals surface area contributed by atoms with Gasteiger partial charge in [0.1, 0.15) is 5.01 Å². The number of carbonyl (C=O) groups excluding carboxylic acids is 1. The van der Waals surface area contributed by atoms with Gasteiger partial charge in [-0.3, -0.25) is 4.79 Å². The highest BCUT2D eigenvalue weighted by atomic mass is 32.1. The zero-order valence-electron chi connectivity index (χ0n) is 17.2. The van der Waals surface area contributed by atoms with Crippen LogP contribution >= 0.6 is 11.3 Å². The van der Waals surface area contributed by atoms with Gasteiger partial charge in [-0.25, -0.2) is 4.98 Å². The van der Waals surface area contributed by atoms with Gasteiger partial charge in [-0.05, 0) is 43.2 Å². The Morgan fingerprint density at radius 2 is 1.83 bits per heavy atom. The number of ether oxygens (including phenoxy) is 2. The third kappa shape index (κ3) is 5.35. The molecule has 0 bridgehead atoms. The fourth-order valence-electron chi connectivity index (χ4n) is 2.92. The molecule has 6 heteroatoms. The maximum absolute atomic E-state index is 11.9. The fraction of sp³-hybridized carbons (Fsp3) is 0.304. The molecular weight excluding hydrogens is 384 g/mol. The second-order valence-electron chi connectivity index (χ2n) is 7.06. The summed E-state index contributed by atoms with van der Waals surface area (Å²) in [5.41, 5.74) is 3.69. The Labute approximate surface area is 175 Å². The molecule has 1 N–H and O–H groups in total. The first kappa shape index (κ1) is 20.9. The molecule has 0 atom stereocenters. The highest BCUT2D eigenvalue weighted by molar-refractivity contribution is 7.13. The van der Waals surface area contributed by atoms with Crippen LogP contribution in [-0.2, 0) is 4.79 Å². The van der Waals surface area contributed by atoms with Crippen molar-refractivity contribution < 1.29 is 14.3 Å². The van der Waals surface area contributed by atoms with E-state index in [-0.39, 0.29) is 5.91 Å². The van der Waals surface area contributed by atoms with E-state index in [1.165, 1.54) is 0 Å². The first-order chi connectivity index (χ1) is 14.0. The Kier molecular flexibility index (Phi) is 6.88. The van der Waals surface area contributed by atoms with Gasteiger partial charge in [0.25, 0.3) is 0 Å². The molecule has 0 saturated heterocycles. The van der Waals surface area contributed by atoms with Gasteiger partial charge in [0, 0.05) is 28.6 Å². The Bertz CT molecular complexity index is 965. The van der Waals surface area contributed by atoms with Crippen LogP contribution in [0, 0.1) is 5.92 Å². The summed E-state index contributed by atoms with van der Waals surface area (Å²) in [6.07, 6.45) is 0.517. The summed E-state index contributed by atoms with van der Waals surface area (Å²) in [5, 5.41) is 5.87. The molecule has 1 aromatic heterocycles. The van der Waals surface area contributed by atoms with E-state index in [2.05, 4.69) is 5.32 Å². The molecule has 5 nitrogen and oxygen atoms in total. The number of benzene rings is 2. The lowest BCUT2D eigenvalue weighted by atomic mass is 10.1. The van der Waals surface area contributed by atoms with Crippen LogP contribution < -0.4 is 14.8 Å². The van der Waals surface area contributed by atoms with Gasteiger partial charge in [0.15, 0.2) is 11.5 Å². The van der Waals surface area contributed by atoms with Gasteiger partial charge in [-0.2, -0.15) is 0 Å². The van der Waals surface area contributed by atoms with Crippen molar-refractivity contribution in [2.75, 3.05) is 19.0 Å². The fourth-order valence-corrected chi connectivity index (χ4v) is 3.75. The van der Waals surface area contributed by atoms with E-state index in [1.807, 2.05) is 68.6 Å². The van der Waals surface area contributed by atoms with E-state index in [0.717, 1.165) is 33.3 Å². The molecular formula is C23H26N2O3S. The molecule has 0 saturated carbocycles. The molecule has 0 radical (unpaired) electrons. The predicted molar refractivity (Wildman–Crippen MR) is 119 cm³/mol. The minimum atomic E-state index is 0.0353. The summed E-state index contributed by atoms with van der Waals surface area (Å²) in [6.45, 7) is 6.59. The van der Waals surface area contributed by atoms with Gasteiger partial charge < -0.3 is 14.8 Å². The van der Waals surface area contributed by atoms with Crippen LogP contribution in [0.3, 0.4) is 0 Å². The summed E-state index contributed by atoms with van der Waals surface area (Å²) in [4.78, 5) is 16.7. The van der Waals surface area contributed by atoms with Crippen molar-refractivity contribution >= 4 is 22.9 Å². The number of thiazole rings is 1. The third-order valence-corrected chi connectivity index (χ3v) is 5.16. The molecule has 0 unspecified atom stereocenters. The summed E-state index contributed by atoms with van der Waals surface area (Å²) in [7, 11) is 1.64. The van der Waals surface area contributed by atoms with E-state index in [1.54, 1.807) is 18.4 Å². The number of rotatable bonds is 8. The quantitative estimate of drug-likeness (QED) is 0.504. The van der Waals surface area contributed by atoms with Gasteiger partial charge in [-0.15, -0.1) is 11.3 Å². The average molecular weight is 411 g/mol. The molecule has 2 aromatic carbocycles. The zero-order chi connectivity index (χ0) is 20.8. The van der Waals surface area contributed by atoms with Gasteiger partial charge in [-0.1, -0.05) is 26.0 Å². The van der Waals surface area contributed by atoms with Crippen molar-refractivity contribution in [2.24, 2.45) is 5.92 Å². The van der Waals surface area contributed by atoms with Crippen LogP contribution in [-0.4, -0.2) is 24.6 Å². The lowest BCUT2D eigenvalue weighted by molar-refractivity contribution is -0.116. The van der Waals surface area contributed by atoms with Crippen LogP contribution in [0.5, 0.6) is 11.5 Å². The number of carbonyl (C=O) groups is 1. The topological polar surface area (TPSA) is 60.5 Å². The molecule has 0 fully saturated rings. The summed E-state index contributed by atoms with van der Waals surface area (Å²) < 4.78 is 11.0. The molecule has 0 aliphatic carbocycles. The van der Waals surface area contributed by atoms with E-state index >= 15 is 0 Å². The Hall–Kier alpha value is -2.86. The maximum Gasteiger partial charge on any atom is 0.224 e. The molecule has 0 spiro atoms. The Morgan fingerprint density at radius 3 is 2.48 bits per heavy atom. The molecule has 1 heterocycles. The number of hydrogen-bond donors (Lipinski definition) is 1. The normalized spacial score (nSPS) is 10.8. The SMILES string of the molecule is CCOc1ccc(-c2nc(-c3ccc(NC(=O)CC(C)C)cc3)cs2)cc1OC. The smallest absolute Gasteiger partial charge is 0.224 e. The Balaban J connectivity index is 1.75. The number of methoxy groups -OCH3 is 1. The van der Waals surface area contributed by atoms with Gasteiger partial charge >= 0.3 is 0 Å². The van der Waals surface area contributed by atoms with Crippen LogP contribution in [0.2, 0.25) is 0 Å². The standard InChI is InChI=1S/C23H26N2O3S/c1-5-28-20-11-8-17(13-21(20)27-4)23-25-19(14-29-23)16-6-9-18(10-7-16)24-22(26)12-15(2)3/h6-11,13-15H,5,12H2,1-4H3,(H,24,26). The van der Waals surface area contributed by atoms with E-state index in [9.17, 15) is 4.79 Å². The minimum absolute atomic E-state index is 0.0353. The largest absolute Gasteiger partial charge is 0.493 e. The average Bonchev–Trinajstić information content (AvgIpc) is 3.18. The third-order valence-electron chi connectivity index (χ3n) is 4.27.